The van der Waals surface area contributed by atoms with E-state index in [0.717, 1.165) is 12.2 Å². The molecule has 0 aliphatic heterocycles. The quantitative estimate of drug-likeness (QED) is 0.805. The Morgan fingerprint density at radius 2 is 1.93 bits per heavy atom. The van der Waals surface area contributed by atoms with Crippen LogP contribution in [0.5, 0.6) is 5.75 Å². The first-order valence-electron chi connectivity index (χ1n) is 5.71. The molecule has 82 valence electrons. The van der Waals surface area contributed by atoms with Crippen LogP contribution in [-0.2, 0) is 0 Å². The number of hydrogen-bond acceptors (Lipinski definition) is 2. The molecule has 1 aromatic rings. The third-order valence-electron chi connectivity index (χ3n) is 3.36. The second-order valence-electron chi connectivity index (χ2n) is 4.30. The van der Waals surface area contributed by atoms with Crippen LogP contribution in [0, 0.1) is 0 Å². The SMILES string of the molecule is COc1ccccc1C1CCCCC1N. The molecule has 0 bridgehead atoms. The molecule has 0 radical (unpaired) electrons. The van der Waals surface area contributed by atoms with Gasteiger partial charge in [0.05, 0.1) is 7.11 Å². The number of methoxy groups -OCH3 is 1. The molecule has 2 heteroatoms. The molecule has 0 heterocycles. The fourth-order valence-electron chi connectivity index (χ4n) is 2.52. The Hall–Kier alpha value is -1.02. The van der Waals surface area contributed by atoms with Gasteiger partial charge in [-0.25, -0.2) is 0 Å². The lowest BCUT2D eigenvalue weighted by Gasteiger charge is -2.29. The zero-order chi connectivity index (χ0) is 10.7. The second-order valence-corrected chi connectivity index (χ2v) is 4.30. The van der Waals surface area contributed by atoms with Crippen molar-refractivity contribution in [2.75, 3.05) is 7.11 Å². The van der Waals surface area contributed by atoms with E-state index in [1.165, 1.54) is 24.8 Å². The van der Waals surface area contributed by atoms with Crippen LogP contribution in [-0.4, -0.2) is 13.2 Å². The fraction of sp³-hybridized carbons (Fsp3) is 0.538. The molecule has 1 fully saturated rings. The summed E-state index contributed by atoms with van der Waals surface area (Å²) in [5, 5.41) is 0. The lowest BCUT2D eigenvalue weighted by atomic mass is 9.80. The minimum Gasteiger partial charge on any atom is -0.496 e. The van der Waals surface area contributed by atoms with E-state index < -0.39 is 0 Å². The predicted molar refractivity (Wildman–Crippen MR) is 62.2 cm³/mol. The Morgan fingerprint density at radius 3 is 2.67 bits per heavy atom. The predicted octanol–water partition coefficient (Wildman–Crippen LogP) is 2.68. The van der Waals surface area contributed by atoms with Crippen LogP contribution in [0.4, 0.5) is 0 Å². The third kappa shape index (κ3) is 2.15. The summed E-state index contributed by atoms with van der Waals surface area (Å²) in [6, 6.07) is 8.55. The molecular weight excluding hydrogens is 186 g/mol. The number of ether oxygens (including phenoxy) is 1. The maximum atomic E-state index is 6.18. The van der Waals surface area contributed by atoms with Gasteiger partial charge in [0.2, 0.25) is 0 Å². The molecule has 2 atom stereocenters. The summed E-state index contributed by atoms with van der Waals surface area (Å²) >= 11 is 0. The van der Waals surface area contributed by atoms with E-state index in [0.29, 0.717) is 12.0 Å². The molecule has 15 heavy (non-hydrogen) atoms. The van der Waals surface area contributed by atoms with Crippen molar-refractivity contribution in [2.45, 2.75) is 37.6 Å². The Balaban J connectivity index is 2.26. The van der Waals surface area contributed by atoms with Gasteiger partial charge < -0.3 is 10.5 Å². The van der Waals surface area contributed by atoms with Crippen molar-refractivity contribution in [3.05, 3.63) is 29.8 Å². The summed E-state index contributed by atoms with van der Waals surface area (Å²) in [6.07, 6.45) is 4.90. The van der Waals surface area contributed by atoms with Gasteiger partial charge in [-0.05, 0) is 24.5 Å². The average Bonchev–Trinajstić information content (AvgIpc) is 2.30. The Bertz CT molecular complexity index is 324. The molecule has 2 rings (SSSR count). The normalized spacial score (nSPS) is 26.3. The topological polar surface area (TPSA) is 35.2 Å². The van der Waals surface area contributed by atoms with Crippen LogP contribution in [0.3, 0.4) is 0 Å². The minimum absolute atomic E-state index is 0.301. The van der Waals surface area contributed by atoms with Crippen LogP contribution in [0.1, 0.15) is 37.2 Å². The Kier molecular flexibility index (Phi) is 3.27. The molecule has 1 aromatic carbocycles. The van der Waals surface area contributed by atoms with E-state index in [2.05, 4.69) is 12.1 Å². The van der Waals surface area contributed by atoms with Gasteiger partial charge in [-0.1, -0.05) is 31.0 Å². The first kappa shape index (κ1) is 10.5. The highest BCUT2D eigenvalue weighted by Gasteiger charge is 2.25. The molecule has 0 saturated heterocycles. The van der Waals surface area contributed by atoms with E-state index in [1.54, 1.807) is 7.11 Å². The van der Waals surface area contributed by atoms with Crippen molar-refractivity contribution < 1.29 is 4.74 Å². The molecule has 2 nitrogen and oxygen atoms in total. The number of benzene rings is 1. The summed E-state index contributed by atoms with van der Waals surface area (Å²) in [6.45, 7) is 0. The van der Waals surface area contributed by atoms with Crippen molar-refractivity contribution in [3.63, 3.8) is 0 Å². The molecule has 0 amide bonds. The number of para-hydroxylation sites is 1. The van der Waals surface area contributed by atoms with Crippen molar-refractivity contribution >= 4 is 0 Å². The summed E-state index contributed by atoms with van der Waals surface area (Å²) in [4.78, 5) is 0. The Labute approximate surface area is 91.4 Å². The van der Waals surface area contributed by atoms with E-state index in [-0.39, 0.29) is 0 Å². The van der Waals surface area contributed by atoms with E-state index >= 15 is 0 Å². The number of rotatable bonds is 2. The van der Waals surface area contributed by atoms with E-state index in [9.17, 15) is 0 Å². The molecule has 0 aromatic heterocycles. The highest BCUT2D eigenvalue weighted by Crippen LogP contribution is 2.36. The van der Waals surface area contributed by atoms with Crippen molar-refractivity contribution in [1.29, 1.82) is 0 Å². The summed E-state index contributed by atoms with van der Waals surface area (Å²) in [5.41, 5.74) is 7.46. The molecule has 1 aliphatic rings. The monoisotopic (exact) mass is 205 g/mol. The van der Waals surface area contributed by atoms with Gasteiger partial charge in [-0.3, -0.25) is 0 Å². The lowest BCUT2D eigenvalue weighted by Crippen LogP contribution is -2.31. The molecule has 2 N–H and O–H groups in total. The van der Waals surface area contributed by atoms with Crippen molar-refractivity contribution in [3.8, 4) is 5.75 Å². The van der Waals surface area contributed by atoms with Crippen LogP contribution in [0.15, 0.2) is 24.3 Å². The molecular formula is C13H19NO. The van der Waals surface area contributed by atoms with Crippen LogP contribution < -0.4 is 10.5 Å². The molecule has 1 saturated carbocycles. The highest BCUT2D eigenvalue weighted by molar-refractivity contribution is 5.37. The van der Waals surface area contributed by atoms with E-state index in [4.69, 9.17) is 10.5 Å². The van der Waals surface area contributed by atoms with Crippen molar-refractivity contribution in [1.82, 2.24) is 0 Å². The van der Waals surface area contributed by atoms with Gasteiger partial charge in [0.15, 0.2) is 0 Å². The fourth-order valence-corrected chi connectivity index (χ4v) is 2.52. The zero-order valence-corrected chi connectivity index (χ0v) is 9.28. The summed E-state index contributed by atoms with van der Waals surface area (Å²) in [7, 11) is 1.73. The highest BCUT2D eigenvalue weighted by atomic mass is 16.5. The first-order valence-corrected chi connectivity index (χ1v) is 5.71. The van der Waals surface area contributed by atoms with Gasteiger partial charge >= 0.3 is 0 Å². The summed E-state index contributed by atoms with van der Waals surface area (Å²) in [5.74, 6) is 1.47. The van der Waals surface area contributed by atoms with Crippen molar-refractivity contribution in [2.24, 2.45) is 5.73 Å². The van der Waals surface area contributed by atoms with Gasteiger partial charge in [0.1, 0.15) is 5.75 Å². The Morgan fingerprint density at radius 1 is 1.20 bits per heavy atom. The minimum atomic E-state index is 0.301. The average molecular weight is 205 g/mol. The summed E-state index contributed by atoms with van der Waals surface area (Å²) < 4.78 is 5.39. The second kappa shape index (κ2) is 4.67. The number of nitrogens with two attached hydrogens (primary N) is 1. The maximum absolute atomic E-state index is 6.18. The number of hydrogen-bond donors (Lipinski definition) is 1. The molecule has 2 unspecified atom stereocenters. The molecule has 1 aliphatic carbocycles. The van der Waals surface area contributed by atoms with Crippen LogP contribution >= 0.6 is 0 Å². The zero-order valence-electron chi connectivity index (χ0n) is 9.28. The van der Waals surface area contributed by atoms with Gasteiger partial charge in [0.25, 0.3) is 0 Å². The maximum Gasteiger partial charge on any atom is 0.122 e. The van der Waals surface area contributed by atoms with Crippen LogP contribution in [0.2, 0.25) is 0 Å². The molecule has 0 spiro atoms. The van der Waals surface area contributed by atoms with Gasteiger partial charge in [-0.2, -0.15) is 0 Å². The van der Waals surface area contributed by atoms with Gasteiger partial charge in [0, 0.05) is 12.0 Å². The van der Waals surface area contributed by atoms with Gasteiger partial charge in [-0.15, -0.1) is 0 Å². The lowest BCUT2D eigenvalue weighted by molar-refractivity contribution is 0.360. The van der Waals surface area contributed by atoms with Crippen LogP contribution in [0.25, 0.3) is 0 Å². The standard InChI is InChI=1S/C13H19NO/c1-15-13-9-5-3-7-11(13)10-6-2-4-8-12(10)14/h3,5,7,9-10,12H,2,4,6,8,14H2,1H3. The third-order valence-corrected chi connectivity index (χ3v) is 3.36. The van der Waals surface area contributed by atoms with E-state index in [1.807, 2.05) is 12.1 Å². The smallest absolute Gasteiger partial charge is 0.122 e. The largest absolute Gasteiger partial charge is 0.496 e. The first-order chi connectivity index (χ1) is 7.33.